The highest BCUT2D eigenvalue weighted by Crippen LogP contribution is 2.14. The number of thiophene rings is 1. The molecular formula is C22H18BrN3O2S. The molecule has 5 nitrogen and oxygen atoms in total. The van der Waals surface area contributed by atoms with Crippen LogP contribution in [0.25, 0.3) is 6.08 Å². The Balaban J connectivity index is 1.79. The summed E-state index contributed by atoms with van der Waals surface area (Å²) in [6, 6.07) is 20.1. The molecule has 0 radical (unpaired) electrons. The summed E-state index contributed by atoms with van der Waals surface area (Å²) >= 11 is 4.88. The van der Waals surface area contributed by atoms with E-state index in [4.69, 9.17) is 0 Å². The van der Waals surface area contributed by atoms with Gasteiger partial charge in [-0.05, 0) is 54.3 Å². The predicted molar refractivity (Wildman–Crippen MR) is 121 cm³/mol. The number of carbonyl (C=O) groups is 2. The van der Waals surface area contributed by atoms with Gasteiger partial charge in [-0.15, -0.1) is 11.3 Å². The van der Waals surface area contributed by atoms with Crippen LogP contribution in [0, 0.1) is 0 Å². The normalized spacial score (nSPS) is 11.8. The number of halogens is 1. The van der Waals surface area contributed by atoms with Gasteiger partial charge in [0.15, 0.2) is 0 Å². The van der Waals surface area contributed by atoms with E-state index in [0.717, 1.165) is 14.9 Å². The van der Waals surface area contributed by atoms with Gasteiger partial charge in [0.1, 0.15) is 5.70 Å². The summed E-state index contributed by atoms with van der Waals surface area (Å²) in [4.78, 5) is 26.1. The van der Waals surface area contributed by atoms with E-state index in [1.165, 1.54) is 11.3 Å². The Bertz CT molecular complexity index is 1060. The Kier molecular flexibility index (Phi) is 7.10. The SMILES string of the molecule is CC(=NNC(=O)C(=Cc1cccs1)NC(=O)c1ccccc1)c1cccc(Br)c1. The first kappa shape index (κ1) is 20.7. The van der Waals surface area contributed by atoms with E-state index in [2.05, 4.69) is 31.8 Å². The zero-order valence-corrected chi connectivity index (χ0v) is 18.0. The summed E-state index contributed by atoms with van der Waals surface area (Å²) in [5.41, 5.74) is 4.62. The van der Waals surface area contributed by atoms with Crippen molar-refractivity contribution in [3.05, 3.63) is 98.3 Å². The predicted octanol–water partition coefficient (Wildman–Crippen LogP) is 4.82. The minimum absolute atomic E-state index is 0.118. The molecule has 0 aliphatic rings. The van der Waals surface area contributed by atoms with Crippen LogP contribution in [0.4, 0.5) is 0 Å². The van der Waals surface area contributed by atoms with E-state index in [0.29, 0.717) is 11.3 Å². The van der Waals surface area contributed by atoms with Crippen LogP contribution >= 0.6 is 27.3 Å². The molecule has 0 fully saturated rings. The van der Waals surface area contributed by atoms with E-state index in [1.54, 1.807) is 37.3 Å². The van der Waals surface area contributed by atoms with Gasteiger partial charge < -0.3 is 5.32 Å². The van der Waals surface area contributed by atoms with Crippen LogP contribution in [-0.2, 0) is 4.79 Å². The first-order valence-electron chi connectivity index (χ1n) is 8.75. The highest BCUT2D eigenvalue weighted by atomic mass is 79.9. The molecule has 0 aliphatic heterocycles. The second-order valence-corrected chi connectivity index (χ2v) is 7.94. The molecule has 0 unspecified atom stereocenters. The number of carbonyl (C=O) groups excluding carboxylic acids is 2. The minimum Gasteiger partial charge on any atom is -0.317 e. The summed E-state index contributed by atoms with van der Waals surface area (Å²) < 4.78 is 0.921. The Morgan fingerprint density at radius 3 is 2.45 bits per heavy atom. The number of amides is 2. The van der Waals surface area contributed by atoms with Gasteiger partial charge in [-0.25, -0.2) is 5.43 Å². The third-order valence-corrected chi connectivity index (χ3v) is 5.24. The molecule has 1 heterocycles. The zero-order chi connectivity index (χ0) is 20.6. The Hall–Kier alpha value is -3.03. The van der Waals surface area contributed by atoms with Gasteiger partial charge in [0.05, 0.1) is 5.71 Å². The Morgan fingerprint density at radius 1 is 1.00 bits per heavy atom. The van der Waals surface area contributed by atoms with E-state index in [-0.39, 0.29) is 11.6 Å². The Morgan fingerprint density at radius 2 is 1.76 bits per heavy atom. The van der Waals surface area contributed by atoms with Crippen molar-refractivity contribution in [2.24, 2.45) is 5.10 Å². The molecule has 0 saturated carbocycles. The molecule has 0 aliphatic carbocycles. The molecule has 7 heteroatoms. The maximum absolute atomic E-state index is 12.7. The lowest BCUT2D eigenvalue weighted by Crippen LogP contribution is -2.33. The summed E-state index contributed by atoms with van der Waals surface area (Å²) in [7, 11) is 0. The number of rotatable bonds is 6. The molecule has 146 valence electrons. The maximum Gasteiger partial charge on any atom is 0.287 e. The van der Waals surface area contributed by atoms with Gasteiger partial charge in [-0.1, -0.05) is 52.3 Å². The quantitative estimate of drug-likeness (QED) is 0.309. The van der Waals surface area contributed by atoms with Crippen LogP contribution < -0.4 is 10.7 Å². The van der Waals surface area contributed by atoms with Gasteiger partial charge in [0, 0.05) is 14.9 Å². The molecule has 0 bridgehead atoms. The van der Waals surface area contributed by atoms with Crippen molar-refractivity contribution >= 4 is 50.9 Å². The van der Waals surface area contributed by atoms with E-state index in [9.17, 15) is 9.59 Å². The van der Waals surface area contributed by atoms with E-state index in [1.807, 2.05) is 47.8 Å². The van der Waals surface area contributed by atoms with Crippen molar-refractivity contribution in [3.8, 4) is 0 Å². The average Bonchev–Trinajstić information content (AvgIpc) is 3.25. The van der Waals surface area contributed by atoms with Crippen LogP contribution in [0.15, 0.2) is 87.4 Å². The molecule has 2 N–H and O–H groups in total. The number of hydrogen-bond donors (Lipinski definition) is 2. The van der Waals surface area contributed by atoms with Gasteiger partial charge in [0.2, 0.25) is 0 Å². The monoisotopic (exact) mass is 467 g/mol. The third-order valence-electron chi connectivity index (χ3n) is 3.93. The van der Waals surface area contributed by atoms with Crippen molar-refractivity contribution in [1.29, 1.82) is 0 Å². The van der Waals surface area contributed by atoms with Crippen LogP contribution in [0.1, 0.15) is 27.7 Å². The van der Waals surface area contributed by atoms with Gasteiger partial charge in [-0.2, -0.15) is 5.10 Å². The summed E-state index contributed by atoms with van der Waals surface area (Å²) in [6.07, 6.45) is 1.63. The lowest BCUT2D eigenvalue weighted by atomic mass is 10.1. The third kappa shape index (κ3) is 5.97. The molecule has 3 aromatic rings. The molecule has 2 aromatic carbocycles. The fraction of sp³-hybridized carbons (Fsp3) is 0.0455. The summed E-state index contributed by atoms with van der Waals surface area (Å²) in [5, 5.41) is 8.76. The lowest BCUT2D eigenvalue weighted by Gasteiger charge is -2.09. The Labute approximate surface area is 181 Å². The zero-order valence-electron chi connectivity index (χ0n) is 15.6. The van der Waals surface area contributed by atoms with E-state index < -0.39 is 5.91 Å². The van der Waals surface area contributed by atoms with Crippen molar-refractivity contribution in [2.45, 2.75) is 6.92 Å². The topological polar surface area (TPSA) is 70.6 Å². The molecule has 2 amide bonds. The second kappa shape index (κ2) is 9.95. The molecule has 0 saturated heterocycles. The number of nitrogens with one attached hydrogen (secondary N) is 2. The molecular weight excluding hydrogens is 450 g/mol. The average molecular weight is 468 g/mol. The van der Waals surface area contributed by atoms with Crippen molar-refractivity contribution in [1.82, 2.24) is 10.7 Å². The van der Waals surface area contributed by atoms with Gasteiger partial charge >= 0.3 is 0 Å². The van der Waals surface area contributed by atoms with Crippen LogP contribution in [-0.4, -0.2) is 17.5 Å². The van der Waals surface area contributed by atoms with Gasteiger partial charge in [-0.3, -0.25) is 9.59 Å². The smallest absolute Gasteiger partial charge is 0.287 e. The molecule has 0 atom stereocenters. The number of nitrogens with zero attached hydrogens (tertiary/aromatic N) is 1. The van der Waals surface area contributed by atoms with Crippen LogP contribution in [0.2, 0.25) is 0 Å². The molecule has 1 aromatic heterocycles. The summed E-state index contributed by atoms with van der Waals surface area (Å²) in [6.45, 7) is 1.80. The van der Waals surface area contributed by atoms with Crippen molar-refractivity contribution in [3.63, 3.8) is 0 Å². The van der Waals surface area contributed by atoms with Crippen molar-refractivity contribution < 1.29 is 9.59 Å². The van der Waals surface area contributed by atoms with E-state index >= 15 is 0 Å². The summed E-state index contributed by atoms with van der Waals surface area (Å²) in [5.74, 6) is -0.867. The molecule has 3 rings (SSSR count). The largest absolute Gasteiger partial charge is 0.317 e. The fourth-order valence-corrected chi connectivity index (χ4v) is 3.49. The lowest BCUT2D eigenvalue weighted by molar-refractivity contribution is -0.117. The number of hydrazone groups is 1. The second-order valence-electron chi connectivity index (χ2n) is 6.04. The first-order valence-corrected chi connectivity index (χ1v) is 10.4. The standard InChI is InChI=1S/C22H18BrN3O2S/c1-15(17-9-5-10-18(23)13-17)25-26-22(28)20(14-19-11-6-12-29-19)24-21(27)16-7-3-2-4-8-16/h2-14H,1H3,(H,24,27)(H,26,28). The highest BCUT2D eigenvalue weighted by Gasteiger charge is 2.15. The molecule has 29 heavy (non-hydrogen) atoms. The minimum atomic E-state index is -0.503. The number of hydrogen-bond acceptors (Lipinski definition) is 4. The van der Waals surface area contributed by atoms with Crippen LogP contribution in [0.5, 0.6) is 0 Å². The van der Waals surface area contributed by atoms with Crippen molar-refractivity contribution in [2.75, 3.05) is 0 Å². The fourth-order valence-electron chi connectivity index (χ4n) is 2.43. The number of benzene rings is 2. The molecule has 0 spiro atoms. The van der Waals surface area contributed by atoms with Gasteiger partial charge in [0.25, 0.3) is 11.8 Å². The maximum atomic E-state index is 12.7. The van der Waals surface area contributed by atoms with Crippen LogP contribution in [0.3, 0.4) is 0 Å². The highest BCUT2D eigenvalue weighted by molar-refractivity contribution is 9.10. The first-order chi connectivity index (χ1) is 14.0.